The van der Waals surface area contributed by atoms with Crippen LogP contribution in [0.2, 0.25) is 0 Å². The Balaban J connectivity index is 1.74. The van der Waals surface area contributed by atoms with Gasteiger partial charge in [-0.1, -0.05) is 107 Å². The first-order chi connectivity index (χ1) is 28.1. The summed E-state index contributed by atoms with van der Waals surface area (Å²) < 4.78 is 33.8. The third kappa shape index (κ3) is 21.3. The van der Waals surface area contributed by atoms with Crippen LogP contribution in [-0.4, -0.2) is 142 Å². The van der Waals surface area contributed by atoms with Crippen molar-refractivity contribution < 1.29 is 69.0 Å². The Bertz CT molecular complexity index is 1190. The van der Waals surface area contributed by atoms with Crippen molar-refractivity contribution in [3.05, 3.63) is 60.8 Å². The summed E-state index contributed by atoms with van der Waals surface area (Å²) in [4.78, 5) is 12.7. The van der Waals surface area contributed by atoms with E-state index in [9.17, 15) is 40.5 Å². The van der Waals surface area contributed by atoms with Gasteiger partial charge in [-0.2, -0.15) is 0 Å². The molecular weight excluding hydrogens is 752 g/mol. The minimum Gasteiger partial charge on any atom is -0.457 e. The molecule has 0 radical (unpaired) electrons. The number of allylic oxidation sites excluding steroid dienone is 10. The van der Waals surface area contributed by atoms with E-state index in [0.29, 0.717) is 13.0 Å². The molecule has 0 amide bonds. The van der Waals surface area contributed by atoms with E-state index in [0.717, 1.165) is 83.5 Å². The fourth-order valence-electron chi connectivity index (χ4n) is 6.25. The molecule has 2 saturated heterocycles. The van der Waals surface area contributed by atoms with E-state index in [2.05, 4.69) is 74.6 Å². The lowest BCUT2D eigenvalue weighted by molar-refractivity contribution is -0.332. The predicted molar refractivity (Wildman–Crippen MR) is 219 cm³/mol. The molecule has 0 aliphatic carbocycles. The average Bonchev–Trinajstić information content (AvgIpc) is 3.22. The van der Waals surface area contributed by atoms with Crippen LogP contribution in [0.25, 0.3) is 0 Å². The van der Waals surface area contributed by atoms with Crippen molar-refractivity contribution in [1.82, 2.24) is 0 Å². The van der Waals surface area contributed by atoms with E-state index < -0.39 is 86.7 Å². The highest BCUT2D eigenvalue weighted by Crippen LogP contribution is 2.26. The standard InChI is InChI=1S/C44H74O14/c1-3-5-7-9-10-11-12-13-14-15-16-17-18-19-20-21-22-23-24-26-28-53-30-33(56-36(46)27-25-8-6-4-2)31-54-43-42(52)40(50)38(48)35(58-43)32-55-44-41(51)39(49)37(47)34(29-45)57-44/h5,7,10-11,13-14,16-17,19-20,33-35,37-45,47-52H,3-4,6,8-9,12,15,18,21-32H2,1-2H3/b7-5-,11-10-,14-13-,17-16-,20-19-. The van der Waals surface area contributed by atoms with Gasteiger partial charge in [0.15, 0.2) is 12.6 Å². The maximum absolute atomic E-state index is 12.7. The fourth-order valence-corrected chi connectivity index (χ4v) is 6.25. The van der Waals surface area contributed by atoms with Gasteiger partial charge < -0.3 is 64.2 Å². The summed E-state index contributed by atoms with van der Waals surface area (Å²) >= 11 is 0. The molecule has 0 aromatic rings. The monoisotopic (exact) mass is 827 g/mol. The van der Waals surface area contributed by atoms with Gasteiger partial charge in [0.2, 0.25) is 0 Å². The van der Waals surface area contributed by atoms with Gasteiger partial charge >= 0.3 is 5.97 Å². The molecule has 2 aliphatic heterocycles. The molecule has 334 valence electrons. The number of aliphatic hydroxyl groups is 7. The van der Waals surface area contributed by atoms with Gasteiger partial charge in [0.25, 0.3) is 0 Å². The molecule has 2 fully saturated rings. The highest BCUT2D eigenvalue weighted by Gasteiger charge is 2.47. The van der Waals surface area contributed by atoms with Gasteiger partial charge in [0, 0.05) is 13.0 Å². The lowest BCUT2D eigenvalue weighted by atomic mass is 9.98. The average molecular weight is 827 g/mol. The predicted octanol–water partition coefficient (Wildman–Crippen LogP) is 4.23. The molecule has 14 nitrogen and oxygen atoms in total. The zero-order valence-electron chi connectivity index (χ0n) is 34.8. The highest BCUT2D eigenvalue weighted by molar-refractivity contribution is 5.69. The Kier molecular flexibility index (Phi) is 29.0. The van der Waals surface area contributed by atoms with Crippen molar-refractivity contribution in [1.29, 1.82) is 0 Å². The van der Waals surface area contributed by atoms with Gasteiger partial charge in [-0.15, -0.1) is 0 Å². The molecule has 0 aromatic carbocycles. The quantitative estimate of drug-likeness (QED) is 0.0296. The Morgan fingerprint density at radius 1 is 0.586 bits per heavy atom. The zero-order valence-corrected chi connectivity index (χ0v) is 34.8. The lowest BCUT2D eigenvalue weighted by Gasteiger charge is -2.42. The molecule has 2 heterocycles. The first-order valence-corrected chi connectivity index (χ1v) is 21.4. The van der Waals surface area contributed by atoms with E-state index >= 15 is 0 Å². The minimum atomic E-state index is -1.71. The second-order valence-corrected chi connectivity index (χ2v) is 14.8. The van der Waals surface area contributed by atoms with E-state index in [-0.39, 0.29) is 19.6 Å². The lowest BCUT2D eigenvalue weighted by Crippen LogP contribution is -2.61. The molecular formula is C44H74O14. The molecule has 2 aliphatic rings. The van der Waals surface area contributed by atoms with Crippen LogP contribution >= 0.6 is 0 Å². The second kappa shape index (κ2) is 32.5. The van der Waals surface area contributed by atoms with E-state index in [1.54, 1.807) is 0 Å². The Morgan fingerprint density at radius 3 is 1.72 bits per heavy atom. The normalized spacial score (nSPS) is 28.8. The van der Waals surface area contributed by atoms with Crippen LogP contribution in [0.5, 0.6) is 0 Å². The summed E-state index contributed by atoms with van der Waals surface area (Å²) in [6, 6.07) is 0. The Hall–Kier alpha value is -2.31. The molecule has 0 saturated carbocycles. The molecule has 0 aromatic heterocycles. The maximum atomic E-state index is 12.7. The summed E-state index contributed by atoms with van der Waals surface area (Å²) in [6.45, 7) is 3.33. The smallest absolute Gasteiger partial charge is 0.306 e. The summed E-state index contributed by atoms with van der Waals surface area (Å²) in [5.74, 6) is -0.408. The van der Waals surface area contributed by atoms with Crippen LogP contribution < -0.4 is 0 Å². The topological polar surface area (TPSA) is 214 Å². The molecule has 7 N–H and O–H groups in total. The second-order valence-electron chi connectivity index (χ2n) is 14.8. The van der Waals surface area contributed by atoms with Crippen LogP contribution in [0.1, 0.15) is 110 Å². The van der Waals surface area contributed by atoms with Gasteiger partial charge in [-0.3, -0.25) is 4.79 Å². The molecule has 11 unspecified atom stereocenters. The largest absolute Gasteiger partial charge is 0.457 e. The molecule has 0 spiro atoms. The van der Waals surface area contributed by atoms with Crippen molar-refractivity contribution in [2.24, 2.45) is 0 Å². The number of aliphatic hydroxyl groups excluding tert-OH is 7. The molecule has 58 heavy (non-hydrogen) atoms. The number of hydrogen-bond acceptors (Lipinski definition) is 14. The fraction of sp³-hybridized carbons (Fsp3) is 0.750. The van der Waals surface area contributed by atoms with Crippen molar-refractivity contribution >= 4 is 5.97 Å². The molecule has 11 atom stereocenters. The summed E-state index contributed by atoms with van der Waals surface area (Å²) in [5.41, 5.74) is 0. The van der Waals surface area contributed by atoms with Gasteiger partial charge in [-0.25, -0.2) is 0 Å². The van der Waals surface area contributed by atoms with Crippen molar-refractivity contribution in [2.45, 2.75) is 178 Å². The molecule has 0 bridgehead atoms. The molecule has 14 heteroatoms. The van der Waals surface area contributed by atoms with E-state index in [1.165, 1.54) is 0 Å². The van der Waals surface area contributed by atoms with Crippen LogP contribution in [-0.2, 0) is 33.2 Å². The van der Waals surface area contributed by atoms with E-state index in [1.807, 2.05) is 0 Å². The van der Waals surface area contributed by atoms with Gasteiger partial charge in [-0.05, 0) is 57.8 Å². The zero-order chi connectivity index (χ0) is 42.4. The number of unbranched alkanes of at least 4 members (excludes halogenated alkanes) is 7. The van der Waals surface area contributed by atoms with Crippen molar-refractivity contribution in [3.8, 4) is 0 Å². The Labute approximate surface area is 345 Å². The first-order valence-electron chi connectivity index (χ1n) is 21.4. The number of rotatable bonds is 31. The number of carbonyl (C=O) groups excluding carboxylic acids is 1. The minimum absolute atomic E-state index is 0.0401. The number of esters is 1. The summed E-state index contributed by atoms with van der Waals surface area (Å²) in [7, 11) is 0. The van der Waals surface area contributed by atoms with Gasteiger partial charge in [0.1, 0.15) is 54.9 Å². The van der Waals surface area contributed by atoms with Gasteiger partial charge in [0.05, 0.1) is 26.4 Å². The maximum Gasteiger partial charge on any atom is 0.306 e. The van der Waals surface area contributed by atoms with E-state index in [4.69, 9.17) is 28.4 Å². The Morgan fingerprint density at radius 2 is 1.12 bits per heavy atom. The van der Waals surface area contributed by atoms with Crippen LogP contribution in [0.4, 0.5) is 0 Å². The SMILES string of the molecule is CC/C=C\C/C=C\C/C=C\C/C=C\C/C=C\CCCCCCOCC(COC1OC(COC2OC(CO)C(O)C(O)C2O)C(O)C(O)C1O)OC(=O)CCCCCC. The summed E-state index contributed by atoms with van der Waals surface area (Å²) in [6.07, 6.45) is 19.4. The highest BCUT2D eigenvalue weighted by atomic mass is 16.7. The van der Waals surface area contributed by atoms with Crippen LogP contribution in [0, 0.1) is 0 Å². The third-order valence-electron chi connectivity index (χ3n) is 9.79. The third-order valence-corrected chi connectivity index (χ3v) is 9.79. The van der Waals surface area contributed by atoms with Crippen molar-refractivity contribution in [2.75, 3.05) is 33.0 Å². The number of carbonyl (C=O) groups is 1. The van der Waals surface area contributed by atoms with Crippen molar-refractivity contribution in [3.63, 3.8) is 0 Å². The van der Waals surface area contributed by atoms with Crippen LogP contribution in [0.15, 0.2) is 60.8 Å². The number of hydrogen-bond donors (Lipinski definition) is 7. The first kappa shape index (κ1) is 51.8. The number of ether oxygens (including phenoxy) is 6. The van der Waals surface area contributed by atoms with Crippen LogP contribution in [0.3, 0.4) is 0 Å². The molecule has 2 rings (SSSR count). The summed E-state index contributed by atoms with van der Waals surface area (Å²) in [5, 5.41) is 71.5.